The van der Waals surface area contributed by atoms with Crippen molar-refractivity contribution in [3.8, 4) is 17.2 Å². The number of amides is 2. The predicted molar refractivity (Wildman–Crippen MR) is 143 cm³/mol. The minimum Gasteiger partial charge on any atom is -0.444 e. The number of benzene rings is 1. The molecule has 2 unspecified atom stereocenters. The smallest absolute Gasteiger partial charge is 0.410 e. The van der Waals surface area contributed by atoms with E-state index in [-0.39, 0.29) is 5.91 Å². The summed E-state index contributed by atoms with van der Waals surface area (Å²) in [6.45, 7) is 5.79. The number of rotatable bonds is 7. The first kappa shape index (κ1) is 27.5. The fourth-order valence-electron chi connectivity index (χ4n) is 4.06. The lowest BCUT2D eigenvalue weighted by Crippen LogP contribution is -2.58. The third-order valence-corrected chi connectivity index (χ3v) is 6.36. The number of nitriles is 1. The second-order valence-electron chi connectivity index (χ2n) is 9.63. The Labute approximate surface area is 225 Å². The van der Waals surface area contributed by atoms with Crippen molar-refractivity contribution < 1.29 is 19.1 Å². The monoisotopic (exact) mass is 603 g/mol. The Morgan fingerprint density at radius 1 is 1.25 bits per heavy atom. The van der Waals surface area contributed by atoms with Crippen molar-refractivity contribution in [3.63, 3.8) is 0 Å². The molecule has 0 radical (unpaired) electrons. The molecule has 1 aliphatic rings. The van der Waals surface area contributed by atoms with Gasteiger partial charge >= 0.3 is 6.09 Å². The van der Waals surface area contributed by atoms with Gasteiger partial charge in [-0.3, -0.25) is 14.7 Å². The highest BCUT2D eigenvalue weighted by Gasteiger charge is 2.39. The van der Waals surface area contributed by atoms with Gasteiger partial charge in [-0.1, -0.05) is 24.3 Å². The number of piperidine rings is 1. The van der Waals surface area contributed by atoms with Gasteiger partial charge in [0.05, 0.1) is 0 Å². The van der Waals surface area contributed by atoms with Crippen molar-refractivity contribution in [2.45, 2.75) is 64.1 Å². The number of hydrazine groups is 1. The zero-order valence-electron chi connectivity index (χ0n) is 20.6. The van der Waals surface area contributed by atoms with Crippen LogP contribution in [0.25, 0.3) is 11.1 Å². The normalized spacial score (nSPS) is 16.5. The lowest BCUT2D eigenvalue weighted by Gasteiger charge is -2.38. The Morgan fingerprint density at radius 3 is 2.50 bits per heavy atom. The number of carbonyl (C=O) groups excluding carboxylic acids is 3. The van der Waals surface area contributed by atoms with E-state index in [9.17, 15) is 14.4 Å². The number of nitrogens with zero attached hydrogens (tertiary/aromatic N) is 4. The maximum atomic E-state index is 13.5. The van der Waals surface area contributed by atoms with E-state index in [0.29, 0.717) is 25.1 Å². The van der Waals surface area contributed by atoms with Crippen LogP contribution in [0.3, 0.4) is 0 Å². The van der Waals surface area contributed by atoms with Gasteiger partial charge in [-0.05, 0) is 63.3 Å². The summed E-state index contributed by atoms with van der Waals surface area (Å²) in [4.78, 5) is 43.9. The molecule has 9 nitrogen and oxygen atoms in total. The highest BCUT2D eigenvalue weighted by molar-refractivity contribution is 14.1. The van der Waals surface area contributed by atoms with Crippen LogP contribution in [0.15, 0.2) is 42.6 Å². The van der Waals surface area contributed by atoms with Gasteiger partial charge in [0.15, 0.2) is 0 Å². The number of halogens is 1. The number of hydrogen-bond acceptors (Lipinski definition) is 7. The second kappa shape index (κ2) is 12.3. The van der Waals surface area contributed by atoms with E-state index >= 15 is 0 Å². The number of aldehydes is 1. The summed E-state index contributed by atoms with van der Waals surface area (Å²) >= 11 is 1.84. The maximum Gasteiger partial charge on any atom is 0.410 e. The van der Waals surface area contributed by atoms with E-state index in [0.717, 1.165) is 35.8 Å². The zero-order chi connectivity index (χ0) is 26.3. The number of pyridine rings is 1. The van der Waals surface area contributed by atoms with Gasteiger partial charge in [-0.2, -0.15) is 8.90 Å². The molecule has 1 N–H and O–H groups in total. The van der Waals surface area contributed by atoms with Gasteiger partial charge in [0.25, 0.3) is 5.91 Å². The van der Waals surface area contributed by atoms with Crippen LogP contribution in [-0.2, 0) is 20.7 Å². The maximum absolute atomic E-state index is 13.5. The number of hydrogen-bond donors (Lipinski definition) is 1. The Kier molecular flexibility index (Phi) is 9.39. The summed E-state index contributed by atoms with van der Waals surface area (Å²) in [5.41, 5.74) is 2.35. The van der Waals surface area contributed by atoms with Gasteiger partial charge in [-0.25, -0.2) is 9.78 Å². The number of aromatic nitrogens is 1. The first-order valence-electron chi connectivity index (χ1n) is 11.8. The Hall–Kier alpha value is -3.04. The molecule has 2 heterocycles. The van der Waals surface area contributed by atoms with E-state index in [1.807, 2.05) is 59.3 Å². The molecule has 2 amide bonds. The van der Waals surface area contributed by atoms with Gasteiger partial charge < -0.3 is 9.53 Å². The van der Waals surface area contributed by atoms with Crippen LogP contribution >= 0.6 is 22.9 Å². The largest absolute Gasteiger partial charge is 0.444 e. The Bertz CT molecular complexity index is 1110. The molecule has 36 heavy (non-hydrogen) atoms. The molecule has 1 aromatic carbocycles. The summed E-state index contributed by atoms with van der Waals surface area (Å²) in [6.07, 6.45) is 4.26. The van der Waals surface area contributed by atoms with E-state index in [1.54, 1.807) is 33.0 Å². The van der Waals surface area contributed by atoms with Crippen molar-refractivity contribution >= 4 is 41.2 Å². The molecule has 190 valence electrons. The van der Waals surface area contributed by atoms with E-state index in [1.165, 1.54) is 9.91 Å². The lowest BCUT2D eigenvalue weighted by molar-refractivity contribution is -0.143. The Balaban J connectivity index is 1.73. The third-order valence-electron chi connectivity index (χ3n) is 5.84. The first-order chi connectivity index (χ1) is 17.2. The molecule has 2 aromatic rings. The predicted octanol–water partition coefficient (Wildman–Crippen LogP) is 4.20. The summed E-state index contributed by atoms with van der Waals surface area (Å²) in [6, 6.07) is 11.6. The van der Waals surface area contributed by atoms with Crippen LogP contribution in [0.4, 0.5) is 4.79 Å². The molecule has 1 aliphatic heterocycles. The van der Waals surface area contributed by atoms with Gasteiger partial charge in [0.1, 0.15) is 35.7 Å². The molecule has 0 aliphatic carbocycles. The summed E-state index contributed by atoms with van der Waals surface area (Å²) in [7, 11) is 0. The molecule has 1 fully saturated rings. The van der Waals surface area contributed by atoms with E-state index in [4.69, 9.17) is 10.00 Å². The number of carbonyl (C=O) groups is 3. The van der Waals surface area contributed by atoms with Gasteiger partial charge in [0.2, 0.25) is 0 Å². The fourth-order valence-corrected chi connectivity index (χ4v) is 4.66. The zero-order valence-corrected chi connectivity index (χ0v) is 22.8. The molecule has 0 spiro atoms. The average molecular weight is 603 g/mol. The molecule has 10 heteroatoms. The molecular formula is C26H30IN5O4. The van der Waals surface area contributed by atoms with Crippen molar-refractivity contribution in [1.29, 1.82) is 5.26 Å². The topological polar surface area (TPSA) is 116 Å². The Morgan fingerprint density at radius 2 is 1.94 bits per heavy atom. The lowest BCUT2D eigenvalue weighted by atomic mass is 9.99. The SMILES string of the molecule is CC(C)(C)OC(=O)N1CCCCC1C(=O)N(NI)C(C=O)Cc1ccc(-c2ccc(C#N)nc2)cc1. The molecule has 1 saturated heterocycles. The fraction of sp³-hybridized carbons (Fsp3) is 0.423. The van der Waals surface area contributed by atoms with Crippen molar-refractivity contribution in [3.05, 3.63) is 53.9 Å². The number of nitrogens with one attached hydrogen (secondary N) is 1. The summed E-state index contributed by atoms with van der Waals surface area (Å²) in [5.74, 6) is -0.340. The second-order valence-corrected chi connectivity index (χ2v) is 10.1. The van der Waals surface area contributed by atoms with Crippen molar-refractivity contribution in [2.75, 3.05) is 6.54 Å². The van der Waals surface area contributed by atoms with Crippen LogP contribution in [0, 0.1) is 11.3 Å². The minimum absolute atomic E-state index is 0.302. The average Bonchev–Trinajstić information content (AvgIpc) is 2.87. The number of ether oxygens (including phenoxy) is 1. The standard InChI is InChI=1S/C26H30IN5O4/c1-26(2,3)36-25(35)31-13-5-4-6-23(31)24(34)32(30-27)22(17-33)14-18-7-9-19(10-8-18)20-11-12-21(15-28)29-16-20/h7-12,16-17,22-23,30H,4-6,13-14H2,1-3H3. The van der Waals surface area contributed by atoms with E-state index in [2.05, 4.69) is 8.62 Å². The molecule has 1 aromatic heterocycles. The summed E-state index contributed by atoms with van der Waals surface area (Å²) < 4.78 is 8.35. The minimum atomic E-state index is -0.765. The van der Waals surface area contributed by atoms with Crippen LogP contribution < -0.4 is 3.64 Å². The van der Waals surface area contributed by atoms with Crippen LogP contribution in [0.2, 0.25) is 0 Å². The van der Waals surface area contributed by atoms with Gasteiger partial charge in [-0.15, -0.1) is 0 Å². The number of likely N-dealkylation sites (tertiary alicyclic amines) is 1. The highest BCUT2D eigenvalue weighted by atomic mass is 127. The quantitative estimate of drug-likeness (QED) is 0.218. The molecular weight excluding hydrogens is 573 g/mol. The molecule has 0 saturated carbocycles. The first-order valence-corrected chi connectivity index (χ1v) is 12.8. The van der Waals surface area contributed by atoms with Crippen molar-refractivity contribution in [1.82, 2.24) is 18.5 Å². The molecule has 3 rings (SSSR count). The van der Waals surface area contributed by atoms with Gasteiger partial charge in [0, 0.05) is 47.6 Å². The van der Waals surface area contributed by atoms with E-state index < -0.39 is 23.8 Å². The van der Waals surface area contributed by atoms with Crippen molar-refractivity contribution in [2.24, 2.45) is 0 Å². The van der Waals surface area contributed by atoms with Crippen LogP contribution in [0.1, 0.15) is 51.3 Å². The summed E-state index contributed by atoms with van der Waals surface area (Å²) in [5, 5.41) is 10.2. The highest BCUT2D eigenvalue weighted by Crippen LogP contribution is 2.24. The molecule has 2 atom stereocenters. The molecule has 0 bridgehead atoms. The van der Waals surface area contributed by atoms with Crippen LogP contribution in [-0.4, -0.2) is 57.4 Å². The van der Waals surface area contributed by atoms with Crippen LogP contribution in [0.5, 0.6) is 0 Å². The third kappa shape index (κ3) is 7.01.